The lowest BCUT2D eigenvalue weighted by atomic mass is 9.98. The van der Waals surface area contributed by atoms with Crippen LogP contribution in [0.3, 0.4) is 0 Å². The first-order chi connectivity index (χ1) is 9.93. The highest BCUT2D eigenvalue weighted by molar-refractivity contribution is 5.96. The fraction of sp³-hybridized carbons (Fsp3) is 0.714. The van der Waals surface area contributed by atoms with Gasteiger partial charge in [0.2, 0.25) is 11.8 Å². The van der Waals surface area contributed by atoms with Crippen molar-refractivity contribution in [2.24, 2.45) is 5.92 Å². The van der Waals surface area contributed by atoms with Crippen molar-refractivity contribution in [3.8, 4) is 0 Å². The van der Waals surface area contributed by atoms with E-state index in [1.54, 1.807) is 16.5 Å². The third kappa shape index (κ3) is 3.22. The normalized spacial score (nSPS) is 22.8. The SMILES string of the molecule is CCn1ncnc1CN1C(=O)C(C)NC(=O)C1CC(C)C. The molecule has 0 spiro atoms. The summed E-state index contributed by atoms with van der Waals surface area (Å²) in [6.45, 7) is 8.78. The van der Waals surface area contributed by atoms with Crippen molar-refractivity contribution in [2.45, 2.75) is 59.3 Å². The number of amides is 2. The molecule has 1 aromatic rings. The molecule has 1 fully saturated rings. The van der Waals surface area contributed by atoms with Gasteiger partial charge in [-0.05, 0) is 26.2 Å². The summed E-state index contributed by atoms with van der Waals surface area (Å²) in [6, 6.07) is -0.922. The van der Waals surface area contributed by atoms with Crippen molar-refractivity contribution in [1.82, 2.24) is 25.0 Å². The Morgan fingerprint density at radius 3 is 2.71 bits per heavy atom. The van der Waals surface area contributed by atoms with Crippen LogP contribution in [-0.4, -0.2) is 43.6 Å². The first-order valence-corrected chi connectivity index (χ1v) is 7.41. The van der Waals surface area contributed by atoms with Gasteiger partial charge in [-0.2, -0.15) is 5.10 Å². The molecule has 2 atom stereocenters. The largest absolute Gasteiger partial charge is 0.343 e. The van der Waals surface area contributed by atoms with E-state index in [0.717, 1.165) is 0 Å². The van der Waals surface area contributed by atoms with Gasteiger partial charge in [0.05, 0.1) is 6.54 Å². The first kappa shape index (κ1) is 15.5. The highest BCUT2D eigenvalue weighted by atomic mass is 16.2. The molecule has 1 saturated heterocycles. The van der Waals surface area contributed by atoms with Gasteiger partial charge in [0.15, 0.2) is 0 Å². The summed E-state index contributed by atoms with van der Waals surface area (Å²) >= 11 is 0. The Morgan fingerprint density at radius 1 is 1.38 bits per heavy atom. The third-order valence-corrected chi connectivity index (χ3v) is 3.69. The van der Waals surface area contributed by atoms with Crippen molar-refractivity contribution in [2.75, 3.05) is 0 Å². The number of piperazine rings is 1. The molecule has 1 aliphatic rings. The van der Waals surface area contributed by atoms with Crippen LogP contribution in [0.5, 0.6) is 0 Å². The zero-order valence-corrected chi connectivity index (χ0v) is 13.0. The molecule has 116 valence electrons. The van der Waals surface area contributed by atoms with Crippen LogP contribution in [0.2, 0.25) is 0 Å². The Kier molecular flexibility index (Phi) is 4.59. The average Bonchev–Trinajstić information content (AvgIpc) is 2.87. The number of rotatable bonds is 5. The van der Waals surface area contributed by atoms with Crippen LogP contribution in [0.25, 0.3) is 0 Å². The molecule has 0 aromatic carbocycles. The minimum atomic E-state index is -0.487. The van der Waals surface area contributed by atoms with Crippen LogP contribution in [0.15, 0.2) is 6.33 Å². The van der Waals surface area contributed by atoms with Gasteiger partial charge in [-0.3, -0.25) is 9.59 Å². The van der Waals surface area contributed by atoms with Crippen molar-refractivity contribution in [3.63, 3.8) is 0 Å². The number of hydrogen-bond donors (Lipinski definition) is 1. The summed E-state index contributed by atoms with van der Waals surface area (Å²) in [5.74, 6) is 0.888. The topological polar surface area (TPSA) is 80.1 Å². The van der Waals surface area contributed by atoms with Gasteiger partial charge in [-0.15, -0.1) is 0 Å². The van der Waals surface area contributed by atoms with Gasteiger partial charge >= 0.3 is 0 Å². The van der Waals surface area contributed by atoms with Crippen LogP contribution in [0.4, 0.5) is 0 Å². The zero-order chi connectivity index (χ0) is 15.6. The number of aromatic nitrogens is 3. The summed E-state index contributed by atoms with van der Waals surface area (Å²) in [6.07, 6.45) is 2.12. The van der Waals surface area contributed by atoms with E-state index in [1.165, 1.54) is 6.33 Å². The maximum absolute atomic E-state index is 12.4. The average molecular weight is 293 g/mol. The number of nitrogens with one attached hydrogen (secondary N) is 1. The summed E-state index contributed by atoms with van der Waals surface area (Å²) in [7, 11) is 0. The van der Waals surface area contributed by atoms with E-state index >= 15 is 0 Å². The van der Waals surface area contributed by atoms with Gasteiger partial charge < -0.3 is 10.2 Å². The van der Waals surface area contributed by atoms with E-state index < -0.39 is 12.1 Å². The quantitative estimate of drug-likeness (QED) is 0.860. The van der Waals surface area contributed by atoms with E-state index in [2.05, 4.69) is 15.4 Å². The second-order valence-corrected chi connectivity index (χ2v) is 5.83. The Balaban J connectivity index is 2.25. The highest BCUT2D eigenvalue weighted by Crippen LogP contribution is 2.19. The van der Waals surface area contributed by atoms with E-state index in [9.17, 15) is 9.59 Å². The molecule has 0 bridgehead atoms. The van der Waals surface area contributed by atoms with Gasteiger partial charge in [0, 0.05) is 6.54 Å². The fourth-order valence-corrected chi connectivity index (χ4v) is 2.61. The number of hydrogen-bond acceptors (Lipinski definition) is 4. The van der Waals surface area contributed by atoms with E-state index in [4.69, 9.17) is 0 Å². The van der Waals surface area contributed by atoms with Gasteiger partial charge in [0.25, 0.3) is 0 Å². The summed E-state index contributed by atoms with van der Waals surface area (Å²) in [5.41, 5.74) is 0. The van der Waals surface area contributed by atoms with E-state index in [-0.39, 0.29) is 11.8 Å². The Morgan fingerprint density at radius 2 is 2.10 bits per heavy atom. The van der Waals surface area contributed by atoms with Crippen LogP contribution in [0.1, 0.15) is 39.9 Å². The lowest BCUT2D eigenvalue weighted by molar-refractivity contribution is -0.150. The molecule has 2 unspecified atom stereocenters. The Labute approximate surface area is 124 Å². The molecule has 1 aromatic heterocycles. The second-order valence-electron chi connectivity index (χ2n) is 5.83. The van der Waals surface area contributed by atoms with Crippen molar-refractivity contribution < 1.29 is 9.59 Å². The standard InChI is InChI=1S/C14H23N5O2/c1-5-19-12(15-8-16-19)7-18-11(6-9(2)3)13(20)17-10(4)14(18)21/h8-11H,5-7H2,1-4H3,(H,17,20). The number of nitrogens with zero attached hydrogens (tertiary/aromatic N) is 4. The molecule has 7 nitrogen and oxygen atoms in total. The highest BCUT2D eigenvalue weighted by Gasteiger charge is 2.39. The second kappa shape index (κ2) is 6.24. The van der Waals surface area contributed by atoms with Crippen LogP contribution in [0, 0.1) is 5.92 Å². The van der Waals surface area contributed by atoms with Gasteiger partial charge in [0.1, 0.15) is 24.2 Å². The molecule has 2 rings (SSSR count). The fourth-order valence-electron chi connectivity index (χ4n) is 2.61. The molecule has 0 radical (unpaired) electrons. The number of carbonyl (C=O) groups is 2. The lowest BCUT2D eigenvalue weighted by Gasteiger charge is -2.38. The lowest BCUT2D eigenvalue weighted by Crippen LogP contribution is -2.62. The van der Waals surface area contributed by atoms with E-state index in [1.807, 2.05) is 20.8 Å². The van der Waals surface area contributed by atoms with Crippen molar-refractivity contribution in [1.29, 1.82) is 0 Å². The molecule has 1 N–H and O–H groups in total. The molecule has 0 aliphatic carbocycles. The molecule has 2 amide bonds. The van der Waals surface area contributed by atoms with Crippen LogP contribution in [-0.2, 0) is 22.7 Å². The number of aryl methyl sites for hydroxylation is 1. The summed E-state index contributed by atoms with van der Waals surface area (Å²) in [4.78, 5) is 30.5. The first-order valence-electron chi connectivity index (χ1n) is 7.41. The molecule has 0 saturated carbocycles. The smallest absolute Gasteiger partial charge is 0.245 e. The summed E-state index contributed by atoms with van der Waals surface area (Å²) < 4.78 is 1.75. The van der Waals surface area contributed by atoms with Crippen molar-refractivity contribution >= 4 is 11.8 Å². The predicted molar refractivity (Wildman–Crippen MR) is 77.1 cm³/mol. The van der Waals surface area contributed by atoms with E-state index in [0.29, 0.717) is 31.3 Å². The maximum atomic E-state index is 12.4. The maximum Gasteiger partial charge on any atom is 0.245 e. The Bertz CT molecular complexity index is 525. The molecule has 21 heavy (non-hydrogen) atoms. The van der Waals surface area contributed by atoms with Crippen LogP contribution >= 0.6 is 0 Å². The van der Waals surface area contributed by atoms with Gasteiger partial charge in [-0.25, -0.2) is 9.67 Å². The monoisotopic (exact) mass is 293 g/mol. The third-order valence-electron chi connectivity index (χ3n) is 3.69. The summed E-state index contributed by atoms with van der Waals surface area (Å²) in [5, 5.41) is 6.87. The zero-order valence-electron chi connectivity index (χ0n) is 13.0. The minimum Gasteiger partial charge on any atom is -0.343 e. The number of carbonyl (C=O) groups excluding carboxylic acids is 2. The molecular weight excluding hydrogens is 270 g/mol. The predicted octanol–water partition coefficient (Wildman–Crippen LogP) is 0.560. The van der Waals surface area contributed by atoms with Crippen LogP contribution < -0.4 is 5.32 Å². The molecule has 7 heteroatoms. The molecular formula is C14H23N5O2. The van der Waals surface area contributed by atoms with Gasteiger partial charge in [-0.1, -0.05) is 13.8 Å². The minimum absolute atomic E-state index is 0.0640. The van der Waals surface area contributed by atoms with Crippen molar-refractivity contribution in [3.05, 3.63) is 12.2 Å². The molecule has 1 aliphatic heterocycles. The molecule has 2 heterocycles. The Hall–Kier alpha value is -1.92.